The molecule has 0 bridgehead atoms. The van der Waals surface area contributed by atoms with Gasteiger partial charge >= 0.3 is 5.69 Å². The van der Waals surface area contributed by atoms with Gasteiger partial charge in [0.25, 0.3) is 0 Å². The molecule has 1 aromatic heterocycles. The zero-order valence-electron chi connectivity index (χ0n) is 10.7. The Morgan fingerprint density at radius 1 is 1.65 bits per heavy atom. The molecule has 0 saturated carbocycles. The lowest BCUT2D eigenvalue weighted by Gasteiger charge is -2.28. The summed E-state index contributed by atoms with van der Waals surface area (Å²) in [5, 5.41) is 19.1. The Hall–Kier alpha value is -1.58. The first-order valence-electron chi connectivity index (χ1n) is 6.01. The number of hydrogen-bond acceptors (Lipinski definition) is 6. The molecule has 2 rings (SSSR count). The predicted molar refractivity (Wildman–Crippen MR) is 64.0 cm³/mol. The summed E-state index contributed by atoms with van der Waals surface area (Å²) in [6.07, 6.45) is -4.45. The normalized spacial score (nSPS) is 33.5. The van der Waals surface area contributed by atoms with Gasteiger partial charge in [0.1, 0.15) is 11.7 Å². The predicted octanol–water partition coefficient (Wildman–Crippen LogP) is -0.667. The standard InChI is InChI=1S/C11H15F2N3O4/c1-2-11(4-17)7(18)6(13)9(20-11)16-3-5(12)8(14)15-10(16)19/h3,6-7,9,17-18H,2,4H2,1H3,(H2,14,15,19)/t6-,7-,9+,11+/m0/s1. The Balaban J connectivity index is 2.45. The van der Waals surface area contributed by atoms with E-state index >= 15 is 0 Å². The van der Waals surface area contributed by atoms with Gasteiger partial charge < -0.3 is 20.7 Å². The number of nitrogens with two attached hydrogens (primary N) is 1. The minimum absolute atomic E-state index is 0.112. The quantitative estimate of drug-likeness (QED) is 0.681. The number of aliphatic hydroxyl groups excluding tert-OH is 2. The molecule has 0 spiro atoms. The van der Waals surface area contributed by atoms with Crippen LogP contribution in [0.1, 0.15) is 19.6 Å². The third kappa shape index (κ3) is 2.07. The number of halogens is 2. The minimum Gasteiger partial charge on any atom is -0.393 e. The second-order valence-corrected chi connectivity index (χ2v) is 4.64. The molecule has 1 aromatic rings. The summed E-state index contributed by atoms with van der Waals surface area (Å²) in [5.41, 5.74) is 2.59. The highest BCUT2D eigenvalue weighted by Crippen LogP contribution is 2.40. The van der Waals surface area contributed by atoms with E-state index in [1.54, 1.807) is 6.92 Å². The molecule has 0 aromatic carbocycles. The Morgan fingerprint density at radius 2 is 2.30 bits per heavy atom. The number of rotatable bonds is 3. The largest absolute Gasteiger partial charge is 0.393 e. The smallest absolute Gasteiger partial charge is 0.351 e. The molecular formula is C11H15F2N3O4. The molecule has 1 aliphatic heterocycles. The van der Waals surface area contributed by atoms with Gasteiger partial charge in [-0.05, 0) is 6.42 Å². The molecule has 9 heteroatoms. The molecule has 1 aliphatic rings. The summed E-state index contributed by atoms with van der Waals surface area (Å²) in [5.74, 6) is -1.61. The second-order valence-electron chi connectivity index (χ2n) is 4.64. The molecular weight excluding hydrogens is 276 g/mol. The van der Waals surface area contributed by atoms with Gasteiger partial charge in [-0.15, -0.1) is 0 Å². The number of anilines is 1. The van der Waals surface area contributed by atoms with Crippen molar-refractivity contribution in [2.24, 2.45) is 0 Å². The topological polar surface area (TPSA) is 111 Å². The molecule has 0 aliphatic carbocycles. The van der Waals surface area contributed by atoms with E-state index in [2.05, 4.69) is 4.98 Å². The van der Waals surface area contributed by atoms with Gasteiger partial charge in [-0.1, -0.05) is 6.92 Å². The maximum atomic E-state index is 14.1. The molecule has 0 unspecified atom stereocenters. The van der Waals surface area contributed by atoms with E-state index in [0.29, 0.717) is 10.8 Å². The number of alkyl halides is 1. The lowest BCUT2D eigenvalue weighted by molar-refractivity contribution is -0.130. The first-order chi connectivity index (χ1) is 9.36. The van der Waals surface area contributed by atoms with Gasteiger partial charge in [-0.25, -0.2) is 13.6 Å². The van der Waals surface area contributed by atoms with E-state index in [1.807, 2.05) is 0 Å². The van der Waals surface area contributed by atoms with Crippen molar-refractivity contribution in [3.8, 4) is 0 Å². The molecule has 112 valence electrons. The van der Waals surface area contributed by atoms with Crippen LogP contribution < -0.4 is 11.4 Å². The summed E-state index contributed by atoms with van der Waals surface area (Å²) in [6.45, 7) is 0.945. The molecule has 7 nitrogen and oxygen atoms in total. The average molecular weight is 291 g/mol. The number of aromatic nitrogens is 2. The maximum Gasteiger partial charge on any atom is 0.351 e. The van der Waals surface area contributed by atoms with E-state index in [4.69, 9.17) is 10.5 Å². The van der Waals surface area contributed by atoms with Crippen molar-refractivity contribution in [2.45, 2.75) is 37.4 Å². The van der Waals surface area contributed by atoms with Gasteiger partial charge in [-0.2, -0.15) is 4.98 Å². The third-order valence-electron chi connectivity index (χ3n) is 3.54. The van der Waals surface area contributed by atoms with Crippen LogP contribution in [-0.4, -0.2) is 44.2 Å². The van der Waals surface area contributed by atoms with E-state index in [0.717, 1.165) is 0 Å². The SMILES string of the molecule is CC[C@]1(CO)O[C@@H](n2cc(F)c(N)nc2=O)[C@@H](F)[C@@H]1O. The van der Waals surface area contributed by atoms with E-state index in [1.165, 1.54) is 0 Å². The fourth-order valence-corrected chi connectivity index (χ4v) is 2.21. The number of hydrogen-bond donors (Lipinski definition) is 3. The summed E-state index contributed by atoms with van der Waals surface area (Å²) < 4.78 is 33.3. The fraction of sp³-hybridized carbons (Fsp3) is 0.636. The average Bonchev–Trinajstić information content (AvgIpc) is 2.68. The Kier molecular flexibility index (Phi) is 3.76. The summed E-state index contributed by atoms with van der Waals surface area (Å²) in [7, 11) is 0. The highest BCUT2D eigenvalue weighted by Gasteiger charge is 2.55. The number of nitrogen functional groups attached to an aromatic ring is 1. The van der Waals surface area contributed by atoms with Crippen molar-refractivity contribution in [3.63, 3.8) is 0 Å². The fourth-order valence-electron chi connectivity index (χ4n) is 2.21. The van der Waals surface area contributed by atoms with Gasteiger partial charge in [0.05, 0.1) is 12.8 Å². The van der Waals surface area contributed by atoms with Crippen LogP contribution >= 0.6 is 0 Å². The Bertz CT molecular complexity index is 561. The lowest BCUT2D eigenvalue weighted by Crippen LogP contribution is -2.44. The van der Waals surface area contributed by atoms with Gasteiger partial charge in [-0.3, -0.25) is 4.57 Å². The van der Waals surface area contributed by atoms with E-state index in [9.17, 15) is 23.8 Å². The molecule has 1 fully saturated rings. The van der Waals surface area contributed by atoms with Crippen molar-refractivity contribution in [3.05, 3.63) is 22.5 Å². The zero-order valence-corrected chi connectivity index (χ0v) is 10.7. The lowest BCUT2D eigenvalue weighted by atomic mass is 9.94. The molecule has 4 N–H and O–H groups in total. The van der Waals surface area contributed by atoms with Gasteiger partial charge in [0, 0.05) is 0 Å². The number of ether oxygens (including phenoxy) is 1. The molecule has 0 amide bonds. The molecule has 1 saturated heterocycles. The summed E-state index contributed by atoms with van der Waals surface area (Å²) in [4.78, 5) is 14.8. The first kappa shape index (κ1) is 14.8. The van der Waals surface area contributed by atoms with Crippen LogP contribution in [0.25, 0.3) is 0 Å². The molecule has 4 atom stereocenters. The monoisotopic (exact) mass is 291 g/mol. The van der Waals surface area contributed by atoms with E-state index in [-0.39, 0.29) is 6.42 Å². The van der Waals surface area contributed by atoms with Crippen LogP contribution in [-0.2, 0) is 4.74 Å². The maximum absolute atomic E-state index is 14.1. The van der Waals surface area contributed by atoms with Crippen LogP contribution in [0, 0.1) is 5.82 Å². The van der Waals surface area contributed by atoms with Crippen molar-refractivity contribution in [1.82, 2.24) is 9.55 Å². The van der Waals surface area contributed by atoms with Crippen LogP contribution in [0.4, 0.5) is 14.6 Å². The summed E-state index contributed by atoms with van der Waals surface area (Å²) >= 11 is 0. The van der Waals surface area contributed by atoms with Crippen molar-refractivity contribution >= 4 is 5.82 Å². The van der Waals surface area contributed by atoms with Crippen molar-refractivity contribution < 1.29 is 23.7 Å². The number of aliphatic hydroxyl groups is 2. The van der Waals surface area contributed by atoms with Crippen LogP contribution in [0.3, 0.4) is 0 Å². The van der Waals surface area contributed by atoms with Crippen LogP contribution in [0.5, 0.6) is 0 Å². The van der Waals surface area contributed by atoms with Crippen molar-refractivity contribution in [1.29, 1.82) is 0 Å². The molecule has 0 radical (unpaired) electrons. The third-order valence-corrected chi connectivity index (χ3v) is 3.54. The Morgan fingerprint density at radius 3 is 2.80 bits per heavy atom. The Labute approximate surface area is 112 Å². The van der Waals surface area contributed by atoms with Crippen LogP contribution in [0.15, 0.2) is 11.0 Å². The highest BCUT2D eigenvalue weighted by molar-refractivity contribution is 5.26. The second kappa shape index (κ2) is 5.08. The van der Waals surface area contributed by atoms with Crippen LogP contribution in [0.2, 0.25) is 0 Å². The molecule has 2 heterocycles. The van der Waals surface area contributed by atoms with Gasteiger partial charge in [0.15, 0.2) is 24.0 Å². The van der Waals surface area contributed by atoms with Gasteiger partial charge in [0.2, 0.25) is 0 Å². The number of nitrogens with zero attached hydrogens (tertiary/aromatic N) is 2. The molecule has 20 heavy (non-hydrogen) atoms. The first-order valence-corrected chi connectivity index (χ1v) is 6.01. The van der Waals surface area contributed by atoms with E-state index < -0.39 is 48.0 Å². The summed E-state index contributed by atoms with van der Waals surface area (Å²) in [6, 6.07) is 0. The minimum atomic E-state index is -2.01. The highest BCUT2D eigenvalue weighted by atomic mass is 19.1. The zero-order chi connectivity index (χ0) is 15.1. The van der Waals surface area contributed by atoms with Crippen molar-refractivity contribution in [2.75, 3.05) is 12.3 Å².